The van der Waals surface area contributed by atoms with Gasteiger partial charge in [0.2, 0.25) is 0 Å². The lowest BCUT2D eigenvalue weighted by atomic mass is 10.0. The zero-order valence-corrected chi connectivity index (χ0v) is 12.5. The number of ether oxygens (including phenoxy) is 2. The van der Waals surface area contributed by atoms with Crippen LogP contribution in [0.15, 0.2) is 24.3 Å². The molecule has 1 N–H and O–H groups in total. The maximum atomic E-state index is 9.03. The Hall–Kier alpha value is -1.10. The van der Waals surface area contributed by atoms with E-state index in [9.17, 15) is 0 Å². The van der Waals surface area contributed by atoms with Gasteiger partial charge in [0, 0.05) is 31.6 Å². The zero-order chi connectivity index (χ0) is 14.4. The number of benzene rings is 1. The second kappa shape index (κ2) is 7.07. The van der Waals surface area contributed by atoms with Crippen molar-refractivity contribution in [2.45, 2.75) is 39.1 Å². The maximum absolute atomic E-state index is 9.03. The lowest BCUT2D eigenvalue weighted by Gasteiger charge is -2.38. The van der Waals surface area contributed by atoms with Gasteiger partial charge in [-0.1, -0.05) is 26.0 Å². The van der Waals surface area contributed by atoms with Crippen LogP contribution in [0.5, 0.6) is 0 Å². The molecule has 0 bridgehead atoms. The summed E-state index contributed by atoms with van der Waals surface area (Å²) in [5.41, 5.74) is 2.16. The predicted octanol–water partition coefficient (Wildman–Crippen LogP) is 2.55. The molecular weight excluding hydrogens is 254 g/mol. The lowest BCUT2D eigenvalue weighted by Crippen LogP contribution is -2.45. The minimum atomic E-state index is -0.304. The molecule has 0 aromatic heterocycles. The Morgan fingerprint density at radius 1 is 1.05 bits per heavy atom. The topological polar surface area (TPSA) is 41.9 Å². The fraction of sp³-hybridized carbons (Fsp3) is 0.625. The van der Waals surface area contributed by atoms with Crippen LogP contribution in [-0.4, -0.2) is 37.2 Å². The van der Waals surface area contributed by atoms with Gasteiger partial charge in [0.15, 0.2) is 5.79 Å². The van der Waals surface area contributed by atoms with E-state index in [4.69, 9.17) is 14.6 Å². The number of hydrogen-bond donors (Lipinski definition) is 1. The molecule has 112 valence electrons. The van der Waals surface area contributed by atoms with Crippen LogP contribution in [0.3, 0.4) is 0 Å². The SMILES string of the molecule is CC.OCc1ccc(N2CCC3(CC2)OCCO3)cc1. The largest absolute Gasteiger partial charge is 0.392 e. The third kappa shape index (κ3) is 3.32. The summed E-state index contributed by atoms with van der Waals surface area (Å²) in [5, 5.41) is 9.03. The van der Waals surface area contributed by atoms with E-state index in [0.29, 0.717) is 0 Å². The third-order valence-corrected chi connectivity index (χ3v) is 3.82. The standard InChI is InChI=1S/C14H19NO3.C2H6/c16-11-12-1-3-13(4-2-12)15-7-5-14(6-8-15)17-9-10-18-14;1-2/h1-4,16H,5-11H2;1-2H3. The number of piperidine rings is 1. The van der Waals surface area contributed by atoms with E-state index >= 15 is 0 Å². The molecule has 2 aliphatic rings. The van der Waals surface area contributed by atoms with Crippen molar-refractivity contribution in [3.8, 4) is 0 Å². The van der Waals surface area contributed by atoms with Gasteiger partial charge in [0.05, 0.1) is 19.8 Å². The van der Waals surface area contributed by atoms with Gasteiger partial charge in [-0.15, -0.1) is 0 Å². The summed E-state index contributed by atoms with van der Waals surface area (Å²) in [5.74, 6) is -0.304. The molecule has 4 heteroatoms. The third-order valence-electron chi connectivity index (χ3n) is 3.82. The summed E-state index contributed by atoms with van der Waals surface area (Å²) < 4.78 is 11.4. The van der Waals surface area contributed by atoms with Crippen LogP contribution >= 0.6 is 0 Å². The Morgan fingerprint density at radius 3 is 2.10 bits per heavy atom. The van der Waals surface area contributed by atoms with Crippen molar-refractivity contribution in [1.82, 2.24) is 0 Å². The van der Waals surface area contributed by atoms with Crippen molar-refractivity contribution in [2.75, 3.05) is 31.2 Å². The van der Waals surface area contributed by atoms with Gasteiger partial charge in [0.1, 0.15) is 0 Å². The van der Waals surface area contributed by atoms with Gasteiger partial charge in [-0.3, -0.25) is 0 Å². The first-order chi connectivity index (χ1) is 9.81. The molecule has 0 atom stereocenters. The molecule has 1 aromatic carbocycles. The van der Waals surface area contributed by atoms with Crippen molar-refractivity contribution >= 4 is 5.69 Å². The Morgan fingerprint density at radius 2 is 1.60 bits per heavy atom. The fourth-order valence-electron chi connectivity index (χ4n) is 2.70. The number of aliphatic hydroxyl groups is 1. The molecule has 2 fully saturated rings. The Kier molecular flexibility index (Phi) is 5.40. The van der Waals surface area contributed by atoms with E-state index < -0.39 is 0 Å². The molecule has 2 aliphatic heterocycles. The monoisotopic (exact) mass is 279 g/mol. The molecule has 1 spiro atoms. The van der Waals surface area contributed by atoms with Gasteiger partial charge in [0.25, 0.3) is 0 Å². The van der Waals surface area contributed by atoms with Gasteiger partial charge >= 0.3 is 0 Å². The van der Waals surface area contributed by atoms with E-state index in [1.807, 2.05) is 26.0 Å². The summed E-state index contributed by atoms with van der Waals surface area (Å²) in [6.07, 6.45) is 1.85. The van der Waals surface area contributed by atoms with Gasteiger partial charge in [-0.2, -0.15) is 0 Å². The molecule has 0 aliphatic carbocycles. The van der Waals surface area contributed by atoms with Gasteiger partial charge in [-0.05, 0) is 17.7 Å². The summed E-state index contributed by atoms with van der Waals surface area (Å²) in [7, 11) is 0. The summed E-state index contributed by atoms with van der Waals surface area (Å²) in [4.78, 5) is 2.34. The van der Waals surface area contributed by atoms with Crippen molar-refractivity contribution < 1.29 is 14.6 Å². The highest BCUT2D eigenvalue weighted by Crippen LogP contribution is 2.33. The minimum Gasteiger partial charge on any atom is -0.392 e. The normalized spacial score (nSPS) is 20.6. The van der Waals surface area contributed by atoms with E-state index in [-0.39, 0.29) is 12.4 Å². The average molecular weight is 279 g/mol. The van der Waals surface area contributed by atoms with Crippen LogP contribution in [0.2, 0.25) is 0 Å². The van der Waals surface area contributed by atoms with Crippen LogP contribution in [-0.2, 0) is 16.1 Å². The summed E-state index contributed by atoms with van der Waals surface area (Å²) in [6.45, 7) is 7.47. The smallest absolute Gasteiger partial charge is 0.171 e. The lowest BCUT2D eigenvalue weighted by molar-refractivity contribution is -0.169. The maximum Gasteiger partial charge on any atom is 0.171 e. The molecule has 2 heterocycles. The summed E-state index contributed by atoms with van der Waals surface area (Å²) in [6, 6.07) is 8.09. The fourth-order valence-corrected chi connectivity index (χ4v) is 2.70. The molecule has 2 saturated heterocycles. The molecule has 3 rings (SSSR count). The second-order valence-corrected chi connectivity index (χ2v) is 4.92. The number of rotatable bonds is 2. The zero-order valence-electron chi connectivity index (χ0n) is 12.5. The van der Waals surface area contributed by atoms with Gasteiger partial charge < -0.3 is 19.5 Å². The average Bonchev–Trinajstić information content (AvgIpc) is 2.98. The molecule has 0 amide bonds. The quantitative estimate of drug-likeness (QED) is 0.903. The molecule has 0 unspecified atom stereocenters. The molecule has 0 radical (unpaired) electrons. The van der Waals surface area contributed by atoms with Crippen molar-refractivity contribution in [2.24, 2.45) is 0 Å². The van der Waals surface area contributed by atoms with Crippen LogP contribution < -0.4 is 4.90 Å². The van der Waals surface area contributed by atoms with Crippen molar-refractivity contribution in [1.29, 1.82) is 0 Å². The highest BCUT2D eigenvalue weighted by atomic mass is 16.7. The van der Waals surface area contributed by atoms with Crippen LogP contribution in [0.1, 0.15) is 32.3 Å². The predicted molar refractivity (Wildman–Crippen MR) is 79.8 cm³/mol. The number of aliphatic hydroxyl groups excluding tert-OH is 1. The number of nitrogens with zero attached hydrogens (tertiary/aromatic N) is 1. The molecule has 4 nitrogen and oxygen atoms in total. The van der Waals surface area contributed by atoms with Gasteiger partial charge in [-0.25, -0.2) is 0 Å². The minimum absolute atomic E-state index is 0.102. The Labute approximate surface area is 121 Å². The molecule has 1 aromatic rings. The van der Waals surface area contributed by atoms with E-state index in [2.05, 4.69) is 17.0 Å². The first kappa shape index (κ1) is 15.3. The number of hydrogen-bond acceptors (Lipinski definition) is 4. The summed E-state index contributed by atoms with van der Waals surface area (Å²) >= 11 is 0. The van der Waals surface area contributed by atoms with Crippen LogP contribution in [0, 0.1) is 0 Å². The van der Waals surface area contributed by atoms with Crippen molar-refractivity contribution in [3.63, 3.8) is 0 Å². The van der Waals surface area contributed by atoms with E-state index in [0.717, 1.165) is 44.7 Å². The molecular formula is C16H25NO3. The van der Waals surface area contributed by atoms with E-state index in [1.54, 1.807) is 0 Å². The van der Waals surface area contributed by atoms with Crippen LogP contribution in [0.4, 0.5) is 5.69 Å². The molecule has 0 saturated carbocycles. The first-order valence-corrected chi connectivity index (χ1v) is 7.54. The van der Waals surface area contributed by atoms with Crippen LogP contribution in [0.25, 0.3) is 0 Å². The van der Waals surface area contributed by atoms with Crippen molar-refractivity contribution in [3.05, 3.63) is 29.8 Å². The van der Waals surface area contributed by atoms with E-state index in [1.165, 1.54) is 5.69 Å². The molecule has 20 heavy (non-hydrogen) atoms. The first-order valence-electron chi connectivity index (χ1n) is 7.54. The highest BCUT2D eigenvalue weighted by Gasteiger charge is 2.39. The number of anilines is 1. The highest BCUT2D eigenvalue weighted by molar-refractivity contribution is 5.48. The Bertz CT molecular complexity index is 389. The second-order valence-electron chi connectivity index (χ2n) is 4.92. The Balaban J connectivity index is 0.000000704.